The van der Waals surface area contributed by atoms with E-state index in [-0.39, 0.29) is 30.2 Å². The molecular formula is C24H29N5O5S. The van der Waals surface area contributed by atoms with E-state index < -0.39 is 16.0 Å². The number of imidazole rings is 2. The van der Waals surface area contributed by atoms with Gasteiger partial charge in [-0.05, 0) is 36.8 Å². The van der Waals surface area contributed by atoms with Gasteiger partial charge in [-0.1, -0.05) is 19.1 Å². The van der Waals surface area contributed by atoms with Crippen molar-refractivity contribution < 1.29 is 17.9 Å². The van der Waals surface area contributed by atoms with Crippen LogP contribution in [0.3, 0.4) is 0 Å². The Labute approximate surface area is 203 Å². The Morgan fingerprint density at radius 3 is 2.43 bits per heavy atom. The minimum absolute atomic E-state index is 0.0349. The number of benzene rings is 2. The molecule has 0 spiro atoms. The van der Waals surface area contributed by atoms with Crippen molar-refractivity contribution >= 4 is 38.1 Å². The lowest BCUT2D eigenvalue weighted by molar-refractivity contribution is -0.145. The van der Waals surface area contributed by atoms with Crippen molar-refractivity contribution in [1.29, 1.82) is 0 Å². The number of sulfonamides is 1. The Bertz CT molecular complexity index is 1560. The number of esters is 1. The Morgan fingerprint density at radius 2 is 1.74 bits per heavy atom. The number of fused-ring (bicyclic) bond motifs is 2. The number of carbonyl (C=O) groups is 1. The zero-order valence-electron chi connectivity index (χ0n) is 20.3. The zero-order chi connectivity index (χ0) is 25.3. The van der Waals surface area contributed by atoms with Crippen LogP contribution in [0.15, 0.2) is 52.2 Å². The molecule has 0 aliphatic rings. The van der Waals surface area contributed by atoms with Crippen molar-refractivity contribution in [2.24, 2.45) is 7.05 Å². The van der Waals surface area contributed by atoms with Crippen molar-refractivity contribution in [3.8, 4) is 0 Å². The van der Waals surface area contributed by atoms with Gasteiger partial charge in [0.15, 0.2) is 0 Å². The topological polar surface area (TPSA) is 108 Å². The number of aromatic nitrogens is 4. The van der Waals surface area contributed by atoms with Crippen LogP contribution in [-0.2, 0) is 46.3 Å². The molecule has 4 aromatic rings. The molecule has 2 aromatic carbocycles. The average molecular weight is 500 g/mol. The number of nitrogens with zero attached hydrogens (tertiary/aromatic N) is 5. The summed E-state index contributed by atoms with van der Waals surface area (Å²) in [7, 11) is 1.07. The molecule has 0 saturated carbocycles. The average Bonchev–Trinajstić information content (AvgIpc) is 3.30. The minimum atomic E-state index is -3.59. The molecule has 0 aliphatic heterocycles. The number of ether oxygens (including phenoxy) is 1. The summed E-state index contributed by atoms with van der Waals surface area (Å²) in [6, 6.07) is 12.2. The molecule has 0 N–H and O–H groups in total. The second-order valence-corrected chi connectivity index (χ2v) is 10.7. The van der Waals surface area contributed by atoms with E-state index in [1.165, 1.54) is 20.2 Å². The molecule has 2 aromatic heterocycles. The van der Waals surface area contributed by atoms with E-state index in [0.29, 0.717) is 17.9 Å². The van der Waals surface area contributed by atoms with E-state index in [4.69, 9.17) is 4.74 Å². The van der Waals surface area contributed by atoms with Crippen LogP contribution in [-0.4, -0.2) is 51.5 Å². The van der Waals surface area contributed by atoms with E-state index in [2.05, 4.69) is 4.98 Å². The molecule has 186 valence electrons. The molecule has 4 rings (SSSR count). The van der Waals surface area contributed by atoms with E-state index in [1.807, 2.05) is 35.8 Å². The predicted molar refractivity (Wildman–Crippen MR) is 132 cm³/mol. The maximum atomic E-state index is 12.6. The Balaban J connectivity index is 1.51. The summed E-state index contributed by atoms with van der Waals surface area (Å²) in [5.41, 5.74) is 2.68. The second kappa shape index (κ2) is 9.67. The molecular weight excluding hydrogens is 470 g/mol. The third kappa shape index (κ3) is 4.61. The van der Waals surface area contributed by atoms with Crippen molar-refractivity contribution in [3.63, 3.8) is 0 Å². The van der Waals surface area contributed by atoms with Crippen molar-refractivity contribution in [2.75, 3.05) is 14.1 Å². The lowest BCUT2D eigenvalue weighted by Crippen LogP contribution is -2.23. The lowest BCUT2D eigenvalue weighted by atomic mass is 10.3. The fourth-order valence-electron chi connectivity index (χ4n) is 4.11. The van der Waals surface area contributed by atoms with Crippen LogP contribution in [0, 0.1) is 0 Å². The van der Waals surface area contributed by atoms with Gasteiger partial charge in [0, 0.05) is 34.2 Å². The quantitative estimate of drug-likeness (QED) is 0.328. The predicted octanol–water partition coefficient (Wildman–Crippen LogP) is 2.48. The third-order valence-corrected chi connectivity index (χ3v) is 7.79. The van der Waals surface area contributed by atoms with E-state index >= 15 is 0 Å². The molecule has 2 heterocycles. The minimum Gasteiger partial charge on any atom is -0.457 e. The van der Waals surface area contributed by atoms with Gasteiger partial charge in [0.1, 0.15) is 12.4 Å². The SMILES string of the molecule is CCCn1c(COC(=O)CCn2c(=O)n(C)c3ccccc32)nc2cc(S(=O)(=O)N(C)C)ccc21. The molecule has 0 bridgehead atoms. The van der Waals surface area contributed by atoms with Crippen LogP contribution in [0.5, 0.6) is 0 Å². The summed E-state index contributed by atoms with van der Waals surface area (Å²) in [5.74, 6) is 0.0905. The highest BCUT2D eigenvalue weighted by Gasteiger charge is 2.20. The lowest BCUT2D eigenvalue weighted by Gasteiger charge is -2.11. The van der Waals surface area contributed by atoms with Gasteiger partial charge in [0.2, 0.25) is 10.0 Å². The number of carbonyl (C=O) groups excluding carboxylic acids is 1. The maximum Gasteiger partial charge on any atom is 0.328 e. The third-order valence-electron chi connectivity index (χ3n) is 5.98. The first-order valence-electron chi connectivity index (χ1n) is 11.4. The fourth-order valence-corrected chi connectivity index (χ4v) is 5.04. The molecule has 0 unspecified atom stereocenters. The first-order valence-corrected chi connectivity index (χ1v) is 12.8. The summed E-state index contributed by atoms with van der Waals surface area (Å²) in [6.07, 6.45) is 0.862. The van der Waals surface area contributed by atoms with Crippen molar-refractivity contribution in [1.82, 2.24) is 23.0 Å². The number of hydrogen-bond acceptors (Lipinski definition) is 6. The Kier molecular flexibility index (Phi) is 6.82. The van der Waals surface area contributed by atoms with Crippen LogP contribution in [0.4, 0.5) is 0 Å². The molecule has 0 aliphatic carbocycles. The van der Waals surface area contributed by atoms with Gasteiger partial charge < -0.3 is 9.30 Å². The van der Waals surface area contributed by atoms with Gasteiger partial charge in [-0.2, -0.15) is 0 Å². The largest absolute Gasteiger partial charge is 0.457 e. The van der Waals surface area contributed by atoms with Gasteiger partial charge in [0.05, 0.1) is 33.4 Å². The molecule has 10 nitrogen and oxygen atoms in total. The van der Waals surface area contributed by atoms with Crippen LogP contribution in [0.25, 0.3) is 22.1 Å². The summed E-state index contributed by atoms with van der Waals surface area (Å²) < 4.78 is 36.7. The molecule has 0 saturated heterocycles. The van der Waals surface area contributed by atoms with Crippen molar-refractivity contribution in [3.05, 3.63) is 58.8 Å². The Morgan fingerprint density at radius 1 is 1.03 bits per heavy atom. The summed E-state index contributed by atoms with van der Waals surface area (Å²) >= 11 is 0. The standard InChI is InChI=1S/C24H29N5O5S/c1-5-13-28-19-11-10-17(35(32,33)26(2)3)15-18(19)25-22(28)16-34-23(30)12-14-29-21-9-7-6-8-20(21)27(4)24(29)31/h6-11,15H,5,12-14,16H2,1-4H3. The van der Waals surface area contributed by atoms with Crippen LogP contribution in [0.1, 0.15) is 25.6 Å². The van der Waals surface area contributed by atoms with Crippen LogP contribution in [0.2, 0.25) is 0 Å². The van der Waals surface area contributed by atoms with E-state index in [9.17, 15) is 18.0 Å². The smallest absolute Gasteiger partial charge is 0.328 e. The molecule has 0 radical (unpaired) electrons. The zero-order valence-corrected chi connectivity index (χ0v) is 21.1. The summed E-state index contributed by atoms with van der Waals surface area (Å²) in [6.45, 7) is 2.83. The van der Waals surface area contributed by atoms with Gasteiger partial charge in [-0.3, -0.25) is 13.9 Å². The van der Waals surface area contributed by atoms with Crippen LogP contribution >= 0.6 is 0 Å². The van der Waals surface area contributed by atoms with Gasteiger partial charge in [-0.15, -0.1) is 0 Å². The van der Waals surface area contributed by atoms with Gasteiger partial charge in [0.25, 0.3) is 0 Å². The second-order valence-electron chi connectivity index (χ2n) is 8.51. The summed E-state index contributed by atoms with van der Waals surface area (Å²) in [4.78, 5) is 29.8. The number of aryl methyl sites for hydroxylation is 3. The van der Waals surface area contributed by atoms with E-state index in [0.717, 1.165) is 27.3 Å². The summed E-state index contributed by atoms with van der Waals surface area (Å²) in [5, 5.41) is 0. The normalized spacial score (nSPS) is 12.1. The first kappa shape index (κ1) is 24.7. The highest BCUT2D eigenvalue weighted by atomic mass is 32.2. The molecule has 0 fully saturated rings. The molecule has 11 heteroatoms. The Hall–Kier alpha value is -3.44. The van der Waals surface area contributed by atoms with Crippen molar-refractivity contribution in [2.45, 2.75) is 44.4 Å². The highest BCUT2D eigenvalue weighted by Crippen LogP contribution is 2.23. The molecule has 35 heavy (non-hydrogen) atoms. The number of hydrogen-bond donors (Lipinski definition) is 0. The van der Waals surface area contributed by atoms with Gasteiger partial charge in [-0.25, -0.2) is 22.5 Å². The maximum absolute atomic E-state index is 12.6. The highest BCUT2D eigenvalue weighted by molar-refractivity contribution is 7.89. The fraction of sp³-hybridized carbons (Fsp3) is 0.375. The monoisotopic (exact) mass is 499 g/mol. The van der Waals surface area contributed by atoms with E-state index in [1.54, 1.807) is 28.3 Å². The number of para-hydroxylation sites is 2. The molecule has 0 amide bonds. The first-order chi connectivity index (χ1) is 16.6. The van der Waals surface area contributed by atoms with Gasteiger partial charge >= 0.3 is 11.7 Å². The van der Waals surface area contributed by atoms with Crippen LogP contribution < -0.4 is 5.69 Å². The molecule has 0 atom stereocenters. The number of rotatable bonds is 9.